The Bertz CT molecular complexity index is 1180. The van der Waals surface area contributed by atoms with Gasteiger partial charge < -0.3 is 20.4 Å². The summed E-state index contributed by atoms with van der Waals surface area (Å²) in [6.45, 7) is 2.04. The SMILES string of the molecule is COc1ccc(Cl)cc1NC(=O)Nc1c(-c2ccc(C)cc2)[nH]c2ccccc12. The molecule has 2 amide bonds. The third kappa shape index (κ3) is 3.91. The Morgan fingerprint density at radius 2 is 1.76 bits per heavy atom. The molecule has 4 aromatic rings. The van der Waals surface area contributed by atoms with Crippen LogP contribution in [0, 0.1) is 6.92 Å². The Morgan fingerprint density at radius 1 is 1.00 bits per heavy atom. The third-order valence-electron chi connectivity index (χ3n) is 4.69. The monoisotopic (exact) mass is 405 g/mol. The lowest BCUT2D eigenvalue weighted by atomic mass is 10.1. The molecule has 0 unspecified atom stereocenters. The van der Waals surface area contributed by atoms with Crippen LogP contribution in [0.3, 0.4) is 0 Å². The molecule has 6 heteroatoms. The molecule has 0 spiro atoms. The van der Waals surface area contributed by atoms with Gasteiger partial charge in [-0.15, -0.1) is 0 Å². The van der Waals surface area contributed by atoms with Gasteiger partial charge in [0.05, 0.1) is 24.2 Å². The Kier molecular flexibility index (Phi) is 5.14. The number of fused-ring (bicyclic) bond motifs is 1. The number of halogens is 1. The predicted octanol–water partition coefficient (Wildman–Crippen LogP) is 6.45. The highest BCUT2D eigenvalue weighted by atomic mass is 35.5. The van der Waals surface area contributed by atoms with Crippen molar-refractivity contribution in [2.45, 2.75) is 6.92 Å². The second kappa shape index (κ2) is 7.89. The van der Waals surface area contributed by atoms with Gasteiger partial charge in [-0.3, -0.25) is 0 Å². The van der Waals surface area contributed by atoms with Gasteiger partial charge in [0.2, 0.25) is 0 Å². The summed E-state index contributed by atoms with van der Waals surface area (Å²) in [4.78, 5) is 16.2. The van der Waals surface area contributed by atoms with Crippen molar-refractivity contribution >= 4 is 39.9 Å². The van der Waals surface area contributed by atoms with E-state index in [9.17, 15) is 4.79 Å². The zero-order valence-corrected chi connectivity index (χ0v) is 16.8. The molecular formula is C23H20ClN3O2. The van der Waals surface area contributed by atoms with Gasteiger partial charge in [0.1, 0.15) is 5.75 Å². The zero-order valence-electron chi connectivity index (χ0n) is 16.0. The molecular weight excluding hydrogens is 386 g/mol. The van der Waals surface area contributed by atoms with Crippen molar-refractivity contribution in [1.29, 1.82) is 0 Å². The van der Waals surface area contributed by atoms with Crippen LogP contribution in [-0.2, 0) is 0 Å². The first-order valence-electron chi connectivity index (χ1n) is 9.14. The number of hydrogen-bond acceptors (Lipinski definition) is 2. The molecule has 0 aliphatic heterocycles. The van der Waals surface area contributed by atoms with Gasteiger partial charge in [0, 0.05) is 21.5 Å². The molecule has 3 aromatic carbocycles. The topological polar surface area (TPSA) is 66.2 Å². The third-order valence-corrected chi connectivity index (χ3v) is 4.93. The van der Waals surface area contributed by atoms with E-state index < -0.39 is 0 Å². The maximum absolute atomic E-state index is 12.8. The number of aromatic amines is 1. The molecule has 0 saturated carbocycles. The van der Waals surface area contributed by atoms with Gasteiger partial charge >= 0.3 is 6.03 Å². The minimum absolute atomic E-state index is 0.385. The maximum Gasteiger partial charge on any atom is 0.323 e. The molecule has 0 aliphatic carbocycles. The van der Waals surface area contributed by atoms with Gasteiger partial charge in [-0.25, -0.2) is 4.79 Å². The fraction of sp³-hybridized carbons (Fsp3) is 0.0870. The van der Waals surface area contributed by atoms with E-state index in [1.54, 1.807) is 25.3 Å². The summed E-state index contributed by atoms with van der Waals surface area (Å²) in [6, 6.07) is 20.7. The van der Waals surface area contributed by atoms with Crippen molar-refractivity contribution < 1.29 is 9.53 Å². The van der Waals surface area contributed by atoms with E-state index in [1.807, 2.05) is 55.5 Å². The van der Waals surface area contributed by atoms with Crippen LogP contribution in [0.1, 0.15) is 5.56 Å². The maximum atomic E-state index is 12.8. The first kappa shape index (κ1) is 18.9. The molecule has 0 atom stereocenters. The molecule has 5 nitrogen and oxygen atoms in total. The number of hydrogen-bond donors (Lipinski definition) is 3. The first-order valence-corrected chi connectivity index (χ1v) is 9.52. The highest BCUT2D eigenvalue weighted by molar-refractivity contribution is 6.31. The lowest BCUT2D eigenvalue weighted by molar-refractivity contribution is 0.262. The molecule has 0 saturated heterocycles. The van der Waals surface area contributed by atoms with Gasteiger partial charge in [0.15, 0.2) is 0 Å². The number of rotatable bonds is 4. The average Bonchev–Trinajstić information content (AvgIpc) is 3.07. The fourth-order valence-corrected chi connectivity index (χ4v) is 3.43. The van der Waals surface area contributed by atoms with Crippen LogP contribution in [0.4, 0.5) is 16.2 Å². The molecule has 3 N–H and O–H groups in total. The van der Waals surface area contributed by atoms with Gasteiger partial charge in [-0.05, 0) is 31.2 Å². The quantitative estimate of drug-likeness (QED) is 0.365. The summed E-state index contributed by atoms with van der Waals surface area (Å²) < 4.78 is 5.30. The number of amides is 2. The van der Waals surface area contributed by atoms with E-state index in [-0.39, 0.29) is 6.03 Å². The van der Waals surface area contributed by atoms with E-state index in [0.29, 0.717) is 22.1 Å². The first-order chi connectivity index (χ1) is 14.0. The van der Waals surface area contributed by atoms with E-state index in [4.69, 9.17) is 16.3 Å². The van der Waals surface area contributed by atoms with E-state index in [2.05, 4.69) is 15.6 Å². The summed E-state index contributed by atoms with van der Waals surface area (Å²) in [7, 11) is 1.54. The summed E-state index contributed by atoms with van der Waals surface area (Å²) in [5, 5.41) is 7.24. The van der Waals surface area contributed by atoms with Crippen molar-refractivity contribution in [3.05, 3.63) is 77.3 Å². The largest absolute Gasteiger partial charge is 0.495 e. The second-order valence-electron chi connectivity index (χ2n) is 6.71. The highest BCUT2D eigenvalue weighted by Gasteiger charge is 2.16. The van der Waals surface area contributed by atoms with Crippen molar-refractivity contribution in [2.24, 2.45) is 0 Å². The summed E-state index contributed by atoms with van der Waals surface area (Å²) in [6.07, 6.45) is 0. The van der Waals surface area contributed by atoms with Crippen LogP contribution in [0.5, 0.6) is 5.75 Å². The molecule has 1 aromatic heterocycles. The van der Waals surface area contributed by atoms with Crippen LogP contribution in [-0.4, -0.2) is 18.1 Å². The van der Waals surface area contributed by atoms with Crippen LogP contribution in [0.2, 0.25) is 5.02 Å². The number of para-hydroxylation sites is 1. The average molecular weight is 406 g/mol. The van der Waals surface area contributed by atoms with Crippen LogP contribution < -0.4 is 15.4 Å². The molecule has 0 radical (unpaired) electrons. The number of urea groups is 1. The lowest BCUT2D eigenvalue weighted by Gasteiger charge is -2.12. The van der Waals surface area contributed by atoms with Crippen LogP contribution in [0.25, 0.3) is 22.2 Å². The predicted molar refractivity (Wildman–Crippen MR) is 119 cm³/mol. The molecule has 146 valence electrons. The molecule has 0 aliphatic rings. The molecule has 1 heterocycles. The summed E-state index contributed by atoms with van der Waals surface area (Å²) >= 11 is 6.06. The Hall–Kier alpha value is -3.44. The Labute approximate surface area is 173 Å². The number of ether oxygens (including phenoxy) is 1. The number of carbonyl (C=O) groups is 1. The number of nitrogens with one attached hydrogen (secondary N) is 3. The van der Waals surface area contributed by atoms with Crippen molar-refractivity contribution in [3.63, 3.8) is 0 Å². The van der Waals surface area contributed by atoms with Gasteiger partial charge in [0.25, 0.3) is 0 Å². The second-order valence-corrected chi connectivity index (χ2v) is 7.15. The Balaban J connectivity index is 1.70. The smallest absolute Gasteiger partial charge is 0.323 e. The minimum atomic E-state index is -0.385. The van der Waals surface area contributed by atoms with Crippen molar-refractivity contribution in [1.82, 2.24) is 4.98 Å². The van der Waals surface area contributed by atoms with E-state index >= 15 is 0 Å². The number of methoxy groups -OCH3 is 1. The molecule has 0 fully saturated rings. The summed E-state index contributed by atoms with van der Waals surface area (Å²) in [5.41, 5.74) is 5.16. The molecule has 0 bridgehead atoms. The molecule has 29 heavy (non-hydrogen) atoms. The number of benzene rings is 3. The highest BCUT2D eigenvalue weighted by Crippen LogP contribution is 2.35. The minimum Gasteiger partial charge on any atom is -0.495 e. The normalized spacial score (nSPS) is 10.7. The van der Waals surface area contributed by atoms with Crippen LogP contribution >= 0.6 is 11.6 Å². The number of aryl methyl sites for hydroxylation is 1. The number of carbonyl (C=O) groups excluding carboxylic acids is 1. The lowest BCUT2D eigenvalue weighted by Crippen LogP contribution is -2.20. The zero-order chi connectivity index (χ0) is 20.4. The Morgan fingerprint density at radius 3 is 2.52 bits per heavy atom. The number of anilines is 2. The van der Waals surface area contributed by atoms with E-state index in [0.717, 1.165) is 22.2 Å². The van der Waals surface area contributed by atoms with Crippen LogP contribution in [0.15, 0.2) is 66.7 Å². The van der Waals surface area contributed by atoms with E-state index in [1.165, 1.54) is 5.56 Å². The summed E-state index contributed by atoms with van der Waals surface area (Å²) in [5.74, 6) is 0.530. The van der Waals surface area contributed by atoms with Gasteiger partial charge in [-0.1, -0.05) is 59.6 Å². The van der Waals surface area contributed by atoms with Gasteiger partial charge in [-0.2, -0.15) is 0 Å². The molecule has 4 rings (SSSR count). The van der Waals surface area contributed by atoms with Crippen molar-refractivity contribution in [3.8, 4) is 17.0 Å². The standard InChI is InChI=1S/C23H20ClN3O2/c1-14-7-9-15(10-8-14)21-22(17-5-3-4-6-18(17)25-21)27-23(28)26-19-13-16(24)11-12-20(19)29-2/h3-13,25H,1-2H3,(H2,26,27,28). The number of H-pyrrole nitrogens is 1. The number of aromatic nitrogens is 1. The fourth-order valence-electron chi connectivity index (χ4n) is 3.25. The van der Waals surface area contributed by atoms with Crippen molar-refractivity contribution in [2.75, 3.05) is 17.7 Å².